The Hall–Kier alpha value is -0.0800. The topological polar surface area (TPSA) is 38.0 Å². The highest BCUT2D eigenvalue weighted by Gasteiger charge is 2.19. The van der Waals surface area contributed by atoms with Gasteiger partial charge in [-0.05, 0) is 24.2 Å². The van der Waals surface area contributed by atoms with Crippen molar-refractivity contribution in [3.63, 3.8) is 0 Å². The van der Waals surface area contributed by atoms with Crippen LogP contribution in [0.1, 0.15) is 60.3 Å². The number of nitrogens with two attached hydrogens (primary N) is 1. The Labute approximate surface area is 89.6 Å². The summed E-state index contributed by atoms with van der Waals surface area (Å²) in [5, 5.41) is 0. The fourth-order valence-corrected chi connectivity index (χ4v) is 1.90. The van der Waals surface area contributed by atoms with Crippen LogP contribution in [0.4, 0.5) is 0 Å². The Morgan fingerprint density at radius 3 is 1.93 bits per heavy atom. The Bertz CT molecular complexity index is 134. The molecule has 2 nitrogen and oxygen atoms in total. The maximum absolute atomic E-state index is 5.60. The molecule has 1 atom stereocenters. The quantitative estimate of drug-likeness (QED) is 0.511. The maximum atomic E-state index is 5.60. The molecule has 0 radical (unpaired) electrons. The molecule has 0 bridgehead atoms. The lowest BCUT2D eigenvalue weighted by Crippen LogP contribution is -2.41. The van der Waals surface area contributed by atoms with E-state index in [0.29, 0.717) is 11.5 Å². The van der Waals surface area contributed by atoms with E-state index in [9.17, 15) is 0 Å². The third kappa shape index (κ3) is 5.61. The molecular weight excluding hydrogens is 172 g/mol. The van der Waals surface area contributed by atoms with Gasteiger partial charge >= 0.3 is 0 Å². The normalized spacial score (nSPS) is 14.8. The minimum absolute atomic E-state index is 0.418. The molecule has 0 aliphatic rings. The van der Waals surface area contributed by atoms with Crippen molar-refractivity contribution in [1.29, 1.82) is 0 Å². The summed E-state index contributed by atoms with van der Waals surface area (Å²) >= 11 is 0. The molecule has 0 aliphatic carbocycles. The zero-order valence-corrected chi connectivity index (χ0v) is 10.6. The molecule has 0 aliphatic heterocycles. The van der Waals surface area contributed by atoms with E-state index < -0.39 is 0 Å². The van der Waals surface area contributed by atoms with Crippen molar-refractivity contribution in [2.24, 2.45) is 17.2 Å². The molecule has 2 heteroatoms. The van der Waals surface area contributed by atoms with Crippen LogP contribution in [-0.4, -0.2) is 6.04 Å². The summed E-state index contributed by atoms with van der Waals surface area (Å²) in [6, 6.07) is 0.490. The van der Waals surface area contributed by atoms with Gasteiger partial charge in [-0.15, -0.1) is 0 Å². The van der Waals surface area contributed by atoms with Gasteiger partial charge in [0.25, 0.3) is 0 Å². The van der Waals surface area contributed by atoms with Gasteiger partial charge in [0.05, 0.1) is 0 Å². The Morgan fingerprint density at radius 1 is 1.14 bits per heavy atom. The summed E-state index contributed by atoms with van der Waals surface area (Å²) in [7, 11) is 0. The molecule has 0 aromatic rings. The fraction of sp³-hybridized carbons (Fsp3) is 1.00. The summed E-state index contributed by atoms with van der Waals surface area (Å²) < 4.78 is 0. The summed E-state index contributed by atoms with van der Waals surface area (Å²) in [4.78, 5) is 0. The molecule has 0 fully saturated rings. The number of hydrogen-bond donors (Lipinski definition) is 2. The number of nitrogens with one attached hydrogen (secondary N) is 1. The molecule has 3 N–H and O–H groups in total. The van der Waals surface area contributed by atoms with Gasteiger partial charge < -0.3 is 0 Å². The lowest BCUT2D eigenvalue weighted by Gasteiger charge is -2.28. The fourth-order valence-electron chi connectivity index (χ4n) is 1.90. The summed E-state index contributed by atoms with van der Waals surface area (Å²) in [5.41, 5.74) is 3.39. The van der Waals surface area contributed by atoms with Gasteiger partial charge in [0.15, 0.2) is 0 Å². The third-order valence-corrected chi connectivity index (χ3v) is 3.04. The number of hydrazine groups is 1. The van der Waals surface area contributed by atoms with Crippen molar-refractivity contribution in [1.82, 2.24) is 5.43 Å². The van der Waals surface area contributed by atoms with E-state index in [2.05, 4.69) is 40.0 Å². The van der Waals surface area contributed by atoms with Crippen molar-refractivity contribution in [3.05, 3.63) is 0 Å². The van der Waals surface area contributed by atoms with Crippen molar-refractivity contribution in [2.45, 2.75) is 66.3 Å². The predicted octanol–water partition coefficient (Wildman–Crippen LogP) is 3.08. The third-order valence-electron chi connectivity index (χ3n) is 3.04. The molecule has 1 unspecified atom stereocenters. The molecule has 14 heavy (non-hydrogen) atoms. The summed E-state index contributed by atoms with van der Waals surface area (Å²) in [6.45, 7) is 11.3. The highest BCUT2D eigenvalue weighted by molar-refractivity contribution is 4.75. The Morgan fingerprint density at radius 2 is 1.64 bits per heavy atom. The van der Waals surface area contributed by atoms with Gasteiger partial charge in [-0.2, -0.15) is 0 Å². The van der Waals surface area contributed by atoms with E-state index >= 15 is 0 Å². The molecule has 86 valence electrons. The molecule has 0 saturated carbocycles. The first-order valence-corrected chi connectivity index (χ1v) is 5.90. The average molecular weight is 200 g/mol. The van der Waals surface area contributed by atoms with Crippen LogP contribution >= 0.6 is 0 Å². The molecule has 0 spiro atoms. The summed E-state index contributed by atoms with van der Waals surface area (Å²) in [5.74, 6) is 6.33. The molecule has 0 aromatic carbocycles. The van der Waals surface area contributed by atoms with Crippen LogP contribution in [0.2, 0.25) is 0 Å². The van der Waals surface area contributed by atoms with E-state index in [-0.39, 0.29) is 0 Å². The molecule has 0 saturated heterocycles. The van der Waals surface area contributed by atoms with Gasteiger partial charge in [0, 0.05) is 6.04 Å². The highest BCUT2D eigenvalue weighted by atomic mass is 15.2. The first-order chi connectivity index (χ1) is 6.44. The second-order valence-electron chi connectivity index (χ2n) is 5.45. The highest BCUT2D eigenvalue weighted by Crippen LogP contribution is 2.25. The monoisotopic (exact) mass is 200 g/mol. The van der Waals surface area contributed by atoms with Crippen molar-refractivity contribution in [2.75, 3.05) is 0 Å². The van der Waals surface area contributed by atoms with Gasteiger partial charge in [0.2, 0.25) is 0 Å². The van der Waals surface area contributed by atoms with Crippen LogP contribution in [0, 0.1) is 11.3 Å². The minimum Gasteiger partial charge on any atom is -0.271 e. The minimum atomic E-state index is 0.418. The Kier molecular flexibility index (Phi) is 6.38. The summed E-state index contributed by atoms with van der Waals surface area (Å²) in [6.07, 6.45) is 4.86. The van der Waals surface area contributed by atoms with Crippen LogP contribution in [-0.2, 0) is 0 Å². The molecule has 0 aromatic heterocycles. The van der Waals surface area contributed by atoms with Gasteiger partial charge in [-0.25, -0.2) is 0 Å². The van der Waals surface area contributed by atoms with Crippen molar-refractivity contribution < 1.29 is 0 Å². The van der Waals surface area contributed by atoms with Crippen LogP contribution in [0.3, 0.4) is 0 Å². The van der Waals surface area contributed by atoms with Crippen LogP contribution in [0.25, 0.3) is 0 Å². The van der Waals surface area contributed by atoms with Gasteiger partial charge in [-0.1, -0.05) is 47.5 Å². The van der Waals surface area contributed by atoms with Crippen molar-refractivity contribution >= 4 is 0 Å². The number of rotatable bonds is 6. The smallest absolute Gasteiger partial charge is 0.0238 e. The van der Waals surface area contributed by atoms with E-state index in [1.165, 1.54) is 25.7 Å². The SMILES string of the molecule is CCC(CC)C(CCC(C)(C)C)NN. The first-order valence-electron chi connectivity index (χ1n) is 5.90. The lowest BCUT2D eigenvalue weighted by atomic mass is 9.84. The maximum Gasteiger partial charge on any atom is 0.0238 e. The predicted molar refractivity (Wildman–Crippen MR) is 63.9 cm³/mol. The molecular formula is C12H28N2. The molecule has 0 rings (SSSR count). The van der Waals surface area contributed by atoms with Crippen LogP contribution in [0.5, 0.6) is 0 Å². The van der Waals surface area contributed by atoms with Crippen LogP contribution < -0.4 is 11.3 Å². The van der Waals surface area contributed by atoms with Crippen LogP contribution in [0.15, 0.2) is 0 Å². The standard InChI is InChI=1S/C12H28N2/c1-6-10(7-2)11(14-13)8-9-12(3,4)5/h10-11,14H,6-9,13H2,1-5H3. The lowest BCUT2D eigenvalue weighted by molar-refractivity contribution is 0.269. The zero-order chi connectivity index (χ0) is 11.2. The first kappa shape index (κ1) is 13.9. The average Bonchev–Trinajstić information content (AvgIpc) is 2.10. The molecule has 0 heterocycles. The van der Waals surface area contributed by atoms with Gasteiger partial charge in [0.1, 0.15) is 0 Å². The molecule has 0 amide bonds. The van der Waals surface area contributed by atoms with Gasteiger partial charge in [-0.3, -0.25) is 11.3 Å². The van der Waals surface area contributed by atoms with E-state index in [1.54, 1.807) is 0 Å². The largest absolute Gasteiger partial charge is 0.271 e. The number of hydrogen-bond acceptors (Lipinski definition) is 2. The second kappa shape index (κ2) is 6.41. The Balaban J connectivity index is 4.01. The van der Waals surface area contributed by atoms with E-state index in [1.807, 2.05) is 0 Å². The van der Waals surface area contributed by atoms with E-state index in [4.69, 9.17) is 5.84 Å². The van der Waals surface area contributed by atoms with E-state index in [0.717, 1.165) is 5.92 Å². The second-order valence-corrected chi connectivity index (χ2v) is 5.45. The zero-order valence-electron chi connectivity index (χ0n) is 10.6. The van der Waals surface area contributed by atoms with Crippen molar-refractivity contribution in [3.8, 4) is 0 Å².